The number of hydrogen-bond donors (Lipinski definition) is 0. The Morgan fingerprint density at radius 2 is 2.29 bits per heavy atom. The molecule has 132 valence electrons. The molecule has 2 rings (SSSR count). The Bertz CT molecular complexity index is 598. The summed E-state index contributed by atoms with van der Waals surface area (Å²) >= 11 is 6.04. The van der Waals surface area contributed by atoms with Crippen LogP contribution >= 0.6 is 11.6 Å². The van der Waals surface area contributed by atoms with Crippen molar-refractivity contribution in [2.24, 2.45) is 0 Å². The van der Waals surface area contributed by atoms with Crippen LogP contribution < -0.4 is 4.74 Å². The minimum absolute atomic E-state index is 0.0124. The van der Waals surface area contributed by atoms with E-state index in [2.05, 4.69) is 11.6 Å². The fourth-order valence-corrected chi connectivity index (χ4v) is 2.79. The maximum absolute atomic E-state index is 12.3. The first-order chi connectivity index (χ1) is 11.3. The molecule has 24 heavy (non-hydrogen) atoms. The van der Waals surface area contributed by atoms with Gasteiger partial charge in [0.25, 0.3) is 0 Å². The summed E-state index contributed by atoms with van der Waals surface area (Å²) < 4.78 is 11.3. The first-order valence-electron chi connectivity index (χ1n) is 8.18. The maximum atomic E-state index is 12.3. The Kier molecular flexibility index (Phi) is 6.10. The Morgan fingerprint density at radius 1 is 1.54 bits per heavy atom. The van der Waals surface area contributed by atoms with E-state index < -0.39 is 5.60 Å². The number of amides is 1. The van der Waals surface area contributed by atoms with Crippen LogP contribution in [-0.4, -0.2) is 40.8 Å². The third-order valence-electron chi connectivity index (χ3n) is 3.70. The molecule has 0 aliphatic carbocycles. The van der Waals surface area contributed by atoms with E-state index in [0.29, 0.717) is 30.5 Å². The largest absolute Gasteiger partial charge is 0.490 e. The second-order valence-electron chi connectivity index (χ2n) is 6.89. The van der Waals surface area contributed by atoms with Crippen LogP contribution in [0.15, 0.2) is 24.9 Å². The van der Waals surface area contributed by atoms with Gasteiger partial charge in [-0.1, -0.05) is 17.7 Å². The predicted octanol–water partition coefficient (Wildman–Crippen LogP) is 4.24. The van der Waals surface area contributed by atoms with Crippen LogP contribution in [0.3, 0.4) is 0 Å². The molecule has 1 amide bonds. The summed E-state index contributed by atoms with van der Waals surface area (Å²) in [7, 11) is 0. The summed E-state index contributed by atoms with van der Waals surface area (Å²) in [5.74, 6) is 0.646. The summed E-state index contributed by atoms with van der Waals surface area (Å²) in [6, 6.07) is 1.88. The number of carbonyl (C=O) groups is 1. The van der Waals surface area contributed by atoms with Gasteiger partial charge in [-0.2, -0.15) is 0 Å². The van der Waals surface area contributed by atoms with E-state index in [4.69, 9.17) is 21.1 Å². The molecule has 5 nitrogen and oxygen atoms in total. The molecule has 0 saturated carbocycles. The molecule has 1 saturated heterocycles. The summed E-state index contributed by atoms with van der Waals surface area (Å²) in [5.41, 5.74) is 0.379. The molecular weight excluding hydrogens is 328 g/mol. The minimum atomic E-state index is -0.495. The molecule has 1 aliphatic rings. The van der Waals surface area contributed by atoms with Crippen molar-refractivity contribution in [2.75, 3.05) is 13.2 Å². The second kappa shape index (κ2) is 7.88. The molecule has 2 heterocycles. The van der Waals surface area contributed by atoms with Gasteiger partial charge in [-0.15, -0.1) is 6.58 Å². The number of halogens is 1. The quantitative estimate of drug-likeness (QED) is 0.587. The summed E-state index contributed by atoms with van der Waals surface area (Å²) in [6.07, 6.45) is 5.58. The van der Waals surface area contributed by atoms with Crippen LogP contribution in [0.2, 0.25) is 5.15 Å². The number of allylic oxidation sites excluding steroid dienone is 1. The standard InChI is InChI=1S/C18H25ClN2O3/c1-5-7-13-10-15(11-20-16(13)19)23-12-14-8-6-9-21(14)17(22)24-18(2,3)4/h5,10-11,14H,1,6-9,12H2,2-4H3/t14-/m0/s1. The molecule has 0 bridgehead atoms. The molecule has 1 atom stereocenters. The lowest BCUT2D eigenvalue weighted by atomic mass is 10.2. The van der Waals surface area contributed by atoms with Gasteiger partial charge < -0.3 is 14.4 Å². The van der Waals surface area contributed by atoms with Gasteiger partial charge in [0.1, 0.15) is 23.1 Å². The zero-order valence-corrected chi connectivity index (χ0v) is 15.3. The molecule has 1 aliphatic heterocycles. The van der Waals surface area contributed by atoms with Gasteiger partial charge in [0, 0.05) is 6.54 Å². The van der Waals surface area contributed by atoms with Crippen LogP contribution in [0.1, 0.15) is 39.2 Å². The zero-order chi connectivity index (χ0) is 17.7. The van der Waals surface area contributed by atoms with Crippen LogP contribution in [0.25, 0.3) is 0 Å². The highest BCUT2D eigenvalue weighted by atomic mass is 35.5. The summed E-state index contributed by atoms with van der Waals surface area (Å²) in [4.78, 5) is 18.2. The van der Waals surface area contributed by atoms with Crippen molar-refractivity contribution in [3.05, 3.63) is 35.6 Å². The third kappa shape index (κ3) is 5.13. The number of ether oxygens (including phenoxy) is 2. The lowest BCUT2D eigenvalue weighted by Crippen LogP contribution is -2.42. The number of pyridine rings is 1. The summed E-state index contributed by atoms with van der Waals surface area (Å²) in [6.45, 7) is 10.4. The number of nitrogens with zero attached hydrogens (tertiary/aromatic N) is 2. The molecule has 0 unspecified atom stereocenters. The molecule has 1 fully saturated rings. The van der Waals surface area contributed by atoms with Gasteiger partial charge in [0.2, 0.25) is 0 Å². The Morgan fingerprint density at radius 3 is 2.96 bits per heavy atom. The van der Waals surface area contributed by atoms with Crippen LogP contribution in [0.5, 0.6) is 5.75 Å². The van der Waals surface area contributed by atoms with Crippen molar-refractivity contribution in [3.63, 3.8) is 0 Å². The van der Waals surface area contributed by atoms with Crippen molar-refractivity contribution in [1.82, 2.24) is 9.88 Å². The van der Waals surface area contributed by atoms with E-state index in [1.54, 1.807) is 17.2 Å². The number of hydrogen-bond acceptors (Lipinski definition) is 4. The zero-order valence-electron chi connectivity index (χ0n) is 14.5. The Hall–Kier alpha value is -1.75. The number of likely N-dealkylation sites (tertiary alicyclic amines) is 1. The fourth-order valence-electron chi connectivity index (χ4n) is 2.61. The molecule has 0 spiro atoms. The average molecular weight is 353 g/mol. The molecule has 6 heteroatoms. The Labute approximate surface area is 148 Å². The van der Waals surface area contributed by atoms with E-state index in [9.17, 15) is 4.79 Å². The van der Waals surface area contributed by atoms with Gasteiger partial charge >= 0.3 is 6.09 Å². The van der Waals surface area contributed by atoms with E-state index in [1.165, 1.54) is 0 Å². The van der Waals surface area contributed by atoms with Gasteiger partial charge in [0.05, 0.1) is 12.2 Å². The normalized spacial score (nSPS) is 17.7. The average Bonchev–Trinajstić information content (AvgIpc) is 2.95. The second-order valence-corrected chi connectivity index (χ2v) is 7.25. The first kappa shape index (κ1) is 18.6. The van der Waals surface area contributed by atoms with Crippen molar-refractivity contribution >= 4 is 17.7 Å². The highest BCUT2D eigenvalue weighted by molar-refractivity contribution is 6.30. The van der Waals surface area contributed by atoms with E-state index in [0.717, 1.165) is 18.4 Å². The SMILES string of the molecule is C=CCc1cc(OC[C@@H]2CCCN2C(=O)OC(C)(C)C)cnc1Cl. The fraction of sp³-hybridized carbons (Fsp3) is 0.556. The lowest BCUT2D eigenvalue weighted by Gasteiger charge is -2.28. The third-order valence-corrected chi connectivity index (χ3v) is 4.04. The lowest BCUT2D eigenvalue weighted by molar-refractivity contribution is 0.0187. The van der Waals surface area contributed by atoms with Crippen LogP contribution in [0, 0.1) is 0 Å². The topological polar surface area (TPSA) is 51.7 Å². The Balaban J connectivity index is 1.96. The van der Waals surface area contributed by atoms with Crippen LogP contribution in [0.4, 0.5) is 4.79 Å². The number of carbonyl (C=O) groups excluding carboxylic acids is 1. The molecule has 0 aromatic carbocycles. The van der Waals surface area contributed by atoms with Gasteiger partial charge in [-0.3, -0.25) is 0 Å². The predicted molar refractivity (Wildman–Crippen MR) is 94.6 cm³/mol. The van der Waals surface area contributed by atoms with E-state index in [1.807, 2.05) is 26.8 Å². The first-order valence-corrected chi connectivity index (χ1v) is 8.55. The van der Waals surface area contributed by atoms with Crippen LogP contribution in [-0.2, 0) is 11.2 Å². The number of aromatic nitrogens is 1. The highest BCUT2D eigenvalue weighted by Gasteiger charge is 2.32. The van der Waals surface area contributed by atoms with Crippen molar-refractivity contribution in [2.45, 2.75) is 51.7 Å². The van der Waals surface area contributed by atoms with E-state index in [-0.39, 0.29) is 12.1 Å². The molecular formula is C18H25ClN2O3. The monoisotopic (exact) mass is 352 g/mol. The molecule has 1 aromatic rings. The molecule has 0 radical (unpaired) electrons. The van der Waals surface area contributed by atoms with Crippen molar-refractivity contribution in [1.29, 1.82) is 0 Å². The van der Waals surface area contributed by atoms with Crippen molar-refractivity contribution in [3.8, 4) is 5.75 Å². The van der Waals surface area contributed by atoms with Crippen molar-refractivity contribution < 1.29 is 14.3 Å². The maximum Gasteiger partial charge on any atom is 0.410 e. The minimum Gasteiger partial charge on any atom is -0.490 e. The molecule has 1 aromatic heterocycles. The highest BCUT2D eigenvalue weighted by Crippen LogP contribution is 2.24. The van der Waals surface area contributed by atoms with E-state index >= 15 is 0 Å². The number of rotatable bonds is 5. The van der Waals surface area contributed by atoms with Gasteiger partial charge in [0.15, 0.2) is 0 Å². The molecule has 0 N–H and O–H groups in total. The van der Waals surface area contributed by atoms with Gasteiger partial charge in [-0.25, -0.2) is 9.78 Å². The summed E-state index contributed by atoms with van der Waals surface area (Å²) in [5, 5.41) is 0.457. The smallest absolute Gasteiger partial charge is 0.410 e. The van der Waals surface area contributed by atoms with Gasteiger partial charge in [-0.05, 0) is 51.7 Å².